The first kappa shape index (κ1) is 17.4. The Hall–Kier alpha value is -1.61. The number of carboxylic acid groups (broad SMARTS) is 1. The number of nitrogens with zero attached hydrogens (tertiary/aromatic N) is 1. The largest absolute Gasteiger partial charge is 0.480 e. The molecule has 9 heteroatoms. The number of carbonyl (C=O) groups is 3. The molecule has 0 saturated heterocycles. The summed E-state index contributed by atoms with van der Waals surface area (Å²) in [4.78, 5) is 37.2. The second kappa shape index (κ2) is 9.35. The number of thiazole rings is 1. The third kappa shape index (κ3) is 8.30. The number of aryl methyl sites for hydroxylation is 1. The maximum atomic E-state index is 11.5. The number of hydrogen-bond donors (Lipinski definition) is 3. The molecule has 0 atom stereocenters. The Labute approximate surface area is 130 Å². The normalized spacial score (nSPS) is 10.1. The molecule has 0 aliphatic heterocycles. The lowest BCUT2D eigenvalue weighted by Gasteiger charge is -2.05. The summed E-state index contributed by atoms with van der Waals surface area (Å²) in [7, 11) is 0. The van der Waals surface area contributed by atoms with E-state index in [1.165, 1.54) is 0 Å². The molecule has 0 fully saturated rings. The molecule has 2 amide bonds. The van der Waals surface area contributed by atoms with Crippen LogP contribution in [-0.4, -0.2) is 46.7 Å². The molecule has 0 aromatic carbocycles. The van der Waals surface area contributed by atoms with E-state index in [0.717, 1.165) is 16.5 Å². The number of rotatable bonds is 9. The number of aromatic nitrogens is 1. The molecular formula is C12H17N3O4S2. The molecule has 0 radical (unpaired) electrons. The fourth-order valence-electron chi connectivity index (χ4n) is 1.32. The van der Waals surface area contributed by atoms with E-state index >= 15 is 0 Å². The Morgan fingerprint density at radius 2 is 2.00 bits per heavy atom. The van der Waals surface area contributed by atoms with Crippen LogP contribution < -0.4 is 10.6 Å². The lowest BCUT2D eigenvalue weighted by atomic mass is 10.4. The molecule has 116 valence electrons. The summed E-state index contributed by atoms with van der Waals surface area (Å²) in [6.07, 6.45) is 0.306. The smallest absolute Gasteiger partial charge is 0.322 e. The monoisotopic (exact) mass is 331 g/mol. The Balaban J connectivity index is 2.05. The van der Waals surface area contributed by atoms with Gasteiger partial charge in [-0.1, -0.05) is 0 Å². The highest BCUT2D eigenvalue weighted by atomic mass is 32.2. The molecule has 0 bridgehead atoms. The van der Waals surface area contributed by atoms with Crippen molar-refractivity contribution in [2.45, 2.75) is 19.1 Å². The molecule has 0 aliphatic carbocycles. The van der Waals surface area contributed by atoms with Crippen molar-refractivity contribution in [1.82, 2.24) is 15.6 Å². The van der Waals surface area contributed by atoms with Gasteiger partial charge < -0.3 is 15.7 Å². The Morgan fingerprint density at radius 3 is 2.62 bits per heavy atom. The van der Waals surface area contributed by atoms with Crippen molar-refractivity contribution in [2.24, 2.45) is 0 Å². The fraction of sp³-hybridized carbons (Fsp3) is 0.500. The van der Waals surface area contributed by atoms with Gasteiger partial charge in [-0.15, -0.1) is 11.3 Å². The molecule has 1 aromatic heterocycles. The van der Waals surface area contributed by atoms with E-state index < -0.39 is 18.4 Å². The number of hydrogen-bond acceptors (Lipinski definition) is 6. The molecule has 0 saturated carbocycles. The number of thioether (sulfide) groups is 1. The van der Waals surface area contributed by atoms with Gasteiger partial charge in [0, 0.05) is 23.3 Å². The van der Waals surface area contributed by atoms with Gasteiger partial charge in [-0.05, 0) is 6.92 Å². The van der Waals surface area contributed by atoms with Crippen molar-refractivity contribution in [3.8, 4) is 0 Å². The number of carboxylic acids is 1. The standard InChI is InChI=1S/C12H17N3O4S2/c1-8-15-9(7-21-8)6-20-3-2-10(16)13-4-11(17)14-5-12(18)19/h7H,2-6H2,1H3,(H,13,16)(H,14,17)(H,18,19). The van der Waals surface area contributed by atoms with E-state index in [2.05, 4.69) is 15.6 Å². The second-order valence-corrected chi connectivity index (χ2v) is 6.28. The Bertz CT molecular complexity index is 504. The van der Waals surface area contributed by atoms with Gasteiger partial charge in [0.05, 0.1) is 17.2 Å². The first-order chi connectivity index (χ1) is 9.97. The van der Waals surface area contributed by atoms with Crippen molar-refractivity contribution >= 4 is 40.9 Å². The summed E-state index contributed by atoms with van der Waals surface area (Å²) in [5, 5.41) is 16.0. The SMILES string of the molecule is Cc1nc(CSCCC(=O)NCC(=O)NCC(=O)O)cs1. The zero-order valence-corrected chi connectivity index (χ0v) is 13.2. The van der Waals surface area contributed by atoms with Crippen LogP contribution in [0.1, 0.15) is 17.1 Å². The molecule has 21 heavy (non-hydrogen) atoms. The van der Waals surface area contributed by atoms with Crippen LogP contribution in [0.15, 0.2) is 5.38 Å². The molecule has 1 rings (SSSR count). The average Bonchev–Trinajstić information content (AvgIpc) is 2.84. The van der Waals surface area contributed by atoms with Crippen molar-refractivity contribution in [3.05, 3.63) is 16.1 Å². The van der Waals surface area contributed by atoms with Gasteiger partial charge in [0.25, 0.3) is 0 Å². The van der Waals surface area contributed by atoms with Crippen LogP contribution >= 0.6 is 23.1 Å². The first-order valence-corrected chi connectivity index (χ1v) is 8.24. The molecule has 0 spiro atoms. The van der Waals surface area contributed by atoms with Crippen LogP contribution in [0.25, 0.3) is 0 Å². The van der Waals surface area contributed by atoms with E-state index in [1.807, 2.05) is 12.3 Å². The summed E-state index contributed by atoms with van der Waals surface area (Å²) in [6.45, 7) is 1.29. The number of aliphatic carboxylic acids is 1. The minimum absolute atomic E-state index is 0.206. The highest BCUT2D eigenvalue weighted by Crippen LogP contribution is 2.15. The van der Waals surface area contributed by atoms with Crippen molar-refractivity contribution in [3.63, 3.8) is 0 Å². The van der Waals surface area contributed by atoms with Crippen molar-refractivity contribution in [1.29, 1.82) is 0 Å². The van der Waals surface area contributed by atoms with E-state index in [4.69, 9.17) is 5.11 Å². The van der Waals surface area contributed by atoms with Crippen LogP contribution in [0.3, 0.4) is 0 Å². The number of nitrogens with one attached hydrogen (secondary N) is 2. The molecule has 0 unspecified atom stereocenters. The minimum Gasteiger partial charge on any atom is -0.480 e. The highest BCUT2D eigenvalue weighted by molar-refractivity contribution is 7.98. The van der Waals surface area contributed by atoms with Gasteiger partial charge in [0.1, 0.15) is 6.54 Å². The average molecular weight is 331 g/mol. The van der Waals surface area contributed by atoms with Gasteiger partial charge in [-0.3, -0.25) is 14.4 Å². The van der Waals surface area contributed by atoms with Gasteiger partial charge in [0.2, 0.25) is 11.8 Å². The number of amides is 2. The van der Waals surface area contributed by atoms with Gasteiger partial charge >= 0.3 is 5.97 Å². The Morgan fingerprint density at radius 1 is 1.29 bits per heavy atom. The predicted octanol–water partition coefficient (Wildman–Crippen LogP) is 0.392. The zero-order chi connectivity index (χ0) is 15.7. The van der Waals surface area contributed by atoms with Gasteiger partial charge in [0.15, 0.2) is 0 Å². The third-order valence-electron chi connectivity index (χ3n) is 2.27. The van der Waals surface area contributed by atoms with E-state index in [0.29, 0.717) is 12.2 Å². The third-order valence-corrected chi connectivity index (χ3v) is 4.09. The van der Waals surface area contributed by atoms with Crippen LogP contribution in [0.2, 0.25) is 0 Å². The molecule has 3 N–H and O–H groups in total. The van der Waals surface area contributed by atoms with Crippen molar-refractivity contribution in [2.75, 3.05) is 18.8 Å². The van der Waals surface area contributed by atoms with E-state index in [1.54, 1.807) is 23.1 Å². The summed E-state index contributed by atoms with van der Waals surface area (Å²) in [6, 6.07) is 0. The number of carbonyl (C=O) groups excluding carboxylic acids is 2. The van der Waals surface area contributed by atoms with Crippen molar-refractivity contribution < 1.29 is 19.5 Å². The summed E-state index contributed by atoms with van der Waals surface area (Å²) in [5.74, 6) is -0.474. The fourth-order valence-corrected chi connectivity index (χ4v) is 2.87. The maximum Gasteiger partial charge on any atom is 0.322 e. The van der Waals surface area contributed by atoms with Crippen LogP contribution in [0.5, 0.6) is 0 Å². The maximum absolute atomic E-state index is 11.5. The van der Waals surface area contributed by atoms with Gasteiger partial charge in [-0.2, -0.15) is 11.8 Å². The minimum atomic E-state index is -1.12. The lowest BCUT2D eigenvalue weighted by molar-refractivity contribution is -0.137. The molecular weight excluding hydrogens is 314 g/mol. The molecule has 0 aliphatic rings. The quantitative estimate of drug-likeness (QED) is 0.565. The second-order valence-electron chi connectivity index (χ2n) is 4.11. The lowest BCUT2D eigenvalue weighted by Crippen LogP contribution is -2.39. The predicted molar refractivity (Wildman–Crippen MR) is 81.3 cm³/mol. The topological polar surface area (TPSA) is 108 Å². The Kier molecular flexibility index (Phi) is 7.76. The summed E-state index contributed by atoms with van der Waals surface area (Å²) < 4.78 is 0. The summed E-state index contributed by atoms with van der Waals surface area (Å²) >= 11 is 3.20. The molecule has 1 aromatic rings. The van der Waals surface area contributed by atoms with Crippen LogP contribution in [-0.2, 0) is 20.1 Å². The zero-order valence-electron chi connectivity index (χ0n) is 11.5. The van der Waals surface area contributed by atoms with E-state index in [9.17, 15) is 14.4 Å². The molecule has 7 nitrogen and oxygen atoms in total. The van der Waals surface area contributed by atoms with Crippen LogP contribution in [0, 0.1) is 6.92 Å². The van der Waals surface area contributed by atoms with Gasteiger partial charge in [-0.25, -0.2) is 4.98 Å². The summed E-state index contributed by atoms with van der Waals surface area (Å²) in [5.41, 5.74) is 1.01. The van der Waals surface area contributed by atoms with Crippen LogP contribution in [0.4, 0.5) is 0 Å². The highest BCUT2D eigenvalue weighted by Gasteiger charge is 2.07. The molecule has 1 heterocycles. The first-order valence-electron chi connectivity index (χ1n) is 6.21. The van der Waals surface area contributed by atoms with E-state index in [-0.39, 0.29) is 12.5 Å².